The number of nitrogens with zero attached hydrogens (tertiary/aromatic N) is 3. The third kappa shape index (κ3) is 8.64. The number of nitriles is 1. The van der Waals surface area contributed by atoms with Gasteiger partial charge in [0.2, 0.25) is 0 Å². The highest BCUT2D eigenvalue weighted by Gasteiger charge is 2.09. The van der Waals surface area contributed by atoms with E-state index in [1.54, 1.807) is 12.1 Å². The molecule has 1 aromatic heterocycles. The zero-order chi connectivity index (χ0) is 24.8. The average molecular weight is 515 g/mol. The lowest BCUT2D eigenvalue weighted by Crippen LogP contribution is -2.13. The summed E-state index contributed by atoms with van der Waals surface area (Å²) in [6.07, 6.45) is 2.85. The van der Waals surface area contributed by atoms with Gasteiger partial charge in [0.15, 0.2) is 5.82 Å². The van der Waals surface area contributed by atoms with E-state index < -0.39 is 0 Å². The van der Waals surface area contributed by atoms with Crippen molar-refractivity contribution in [2.45, 2.75) is 53.9 Å². The summed E-state index contributed by atoms with van der Waals surface area (Å²) in [7, 11) is 0. The molecule has 0 aliphatic carbocycles. The number of halogens is 1. The van der Waals surface area contributed by atoms with Gasteiger partial charge in [-0.1, -0.05) is 40.2 Å². The Labute approximate surface area is 205 Å². The van der Waals surface area contributed by atoms with Crippen molar-refractivity contribution in [1.29, 1.82) is 5.26 Å². The fourth-order valence-electron chi connectivity index (χ4n) is 3.07. The van der Waals surface area contributed by atoms with Crippen LogP contribution in [0, 0.1) is 24.2 Å². The Morgan fingerprint density at radius 1 is 1.09 bits per heavy atom. The number of nitrogens with one attached hydrogen (secondary N) is 1. The smallest absolute Gasteiger partial charge is 0.156 e. The molecule has 33 heavy (non-hydrogen) atoms. The molecule has 0 fully saturated rings. The molecule has 0 bridgehead atoms. The van der Waals surface area contributed by atoms with Gasteiger partial charge in [0.05, 0.1) is 21.8 Å². The quantitative estimate of drug-likeness (QED) is 0.338. The van der Waals surface area contributed by atoms with Gasteiger partial charge in [-0.15, -0.1) is 5.10 Å². The third-order valence-electron chi connectivity index (χ3n) is 5.19. The molecule has 0 aliphatic heterocycles. The molecular weight excluding hydrogens is 480 g/mol. The van der Waals surface area contributed by atoms with Crippen LogP contribution in [0.25, 0.3) is 10.8 Å². The Bertz CT molecular complexity index is 1050. The Kier molecular flexibility index (Phi) is 13.1. The summed E-state index contributed by atoms with van der Waals surface area (Å²) >= 11 is 3.24. The number of aromatic hydroxyl groups is 1. The molecule has 1 atom stereocenters. The van der Waals surface area contributed by atoms with E-state index in [4.69, 9.17) is 10.4 Å². The van der Waals surface area contributed by atoms with Crippen molar-refractivity contribution < 1.29 is 10.2 Å². The first-order valence-electron chi connectivity index (χ1n) is 11.4. The number of fused-ring (bicyclic) bond motifs is 1. The zero-order valence-corrected chi connectivity index (χ0v) is 21.8. The number of hydrogen-bond donors (Lipinski definition) is 3. The molecule has 0 saturated carbocycles. The van der Waals surface area contributed by atoms with Crippen molar-refractivity contribution >= 4 is 32.5 Å². The lowest BCUT2D eigenvalue weighted by atomic mass is 10.0. The second kappa shape index (κ2) is 15.2. The number of aromatic nitrogens is 2. The molecule has 0 aliphatic rings. The standard InChI is InChI=1S/C16H20N4O.C8H9BrO.C2H6/c1-3-12(10-21)6-7-18-16-14-5-4-13(9-17)8-15(14)11(2)19-20-16;1-2-6-3-4-8(10)7(9)5-6;1-2/h4-5,8,12,21H,3,6-7,10H2,1-2H3,(H,18,20);3-5,10H,2H2,1H3;1-2H3. The van der Waals surface area contributed by atoms with Crippen LogP contribution in [0.3, 0.4) is 0 Å². The summed E-state index contributed by atoms with van der Waals surface area (Å²) < 4.78 is 0.770. The van der Waals surface area contributed by atoms with Crippen molar-refractivity contribution in [3.8, 4) is 11.8 Å². The second-order valence-electron chi connectivity index (χ2n) is 7.32. The maximum atomic E-state index is 9.20. The van der Waals surface area contributed by atoms with Gasteiger partial charge >= 0.3 is 0 Å². The monoisotopic (exact) mass is 514 g/mol. The average Bonchev–Trinajstić information content (AvgIpc) is 2.86. The molecule has 3 rings (SSSR count). The summed E-state index contributed by atoms with van der Waals surface area (Å²) in [6, 6.07) is 13.2. The minimum Gasteiger partial charge on any atom is -0.507 e. The van der Waals surface area contributed by atoms with Crippen LogP contribution in [0.2, 0.25) is 0 Å². The Morgan fingerprint density at radius 2 is 1.82 bits per heavy atom. The number of hydrogen-bond acceptors (Lipinski definition) is 6. The van der Waals surface area contributed by atoms with E-state index in [-0.39, 0.29) is 6.61 Å². The van der Waals surface area contributed by atoms with Crippen LogP contribution in [-0.4, -0.2) is 33.6 Å². The summed E-state index contributed by atoms with van der Waals surface area (Å²) in [6.45, 7) is 11.0. The largest absolute Gasteiger partial charge is 0.507 e. The van der Waals surface area contributed by atoms with E-state index in [9.17, 15) is 5.11 Å². The maximum absolute atomic E-state index is 9.20. The molecule has 1 heterocycles. The first-order chi connectivity index (χ1) is 15.9. The van der Waals surface area contributed by atoms with Crippen LogP contribution in [0.4, 0.5) is 5.82 Å². The number of benzene rings is 2. The molecular formula is C26H35BrN4O2. The SMILES string of the molecule is CC.CCC(CO)CCNc1nnc(C)c2cc(C#N)ccc12.CCc1ccc(O)c(Br)c1. The molecule has 0 radical (unpaired) electrons. The molecule has 6 nitrogen and oxygen atoms in total. The van der Waals surface area contributed by atoms with Gasteiger partial charge in [0.1, 0.15) is 5.75 Å². The molecule has 3 N–H and O–H groups in total. The number of aryl methyl sites for hydroxylation is 2. The van der Waals surface area contributed by atoms with Crippen molar-refractivity contribution in [3.63, 3.8) is 0 Å². The minimum absolute atomic E-state index is 0.212. The Hall–Kier alpha value is -2.69. The van der Waals surface area contributed by atoms with E-state index in [0.29, 0.717) is 17.2 Å². The molecule has 0 spiro atoms. The van der Waals surface area contributed by atoms with Crippen LogP contribution in [0.15, 0.2) is 40.9 Å². The normalized spacial score (nSPS) is 10.8. The van der Waals surface area contributed by atoms with E-state index >= 15 is 0 Å². The number of rotatable bonds is 7. The maximum Gasteiger partial charge on any atom is 0.156 e. The van der Waals surface area contributed by atoms with Gasteiger partial charge in [0.25, 0.3) is 0 Å². The number of anilines is 1. The number of phenolic OH excluding ortho intramolecular Hbond substituents is 1. The Balaban J connectivity index is 0.000000380. The van der Waals surface area contributed by atoms with Crippen LogP contribution < -0.4 is 5.32 Å². The van der Waals surface area contributed by atoms with E-state index in [1.807, 2.05) is 45.0 Å². The van der Waals surface area contributed by atoms with Gasteiger partial charge in [-0.3, -0.25) is 0 Å². The first kappa shape index (κ1) is 28.3. The predicted molar refractivity (Wildman–Crippen MR) is 139 cm³/mol. The fourth-order valence-corrected chi connectivity index (χ4v) is 3.50. The molecule has 178 valence electrons. The van der Waals surface area contributed by atoms with E-state index in [0.717, 1.165) is 52.6 Å². The number of phenols is 1. The summed E-state index contributed by atoms with van der Waals surface area (Å²) in [5.74, 6) is 1.34. The van der Waals surface area contributed by atoms with Gasteiger partial charge in [0, 0.05) is 23.9 Å². The topological polar surface area (TPSA) is 102 Å². The second-order valence-corrected chi connectivity index (χ2v) is 8.17. The van der Waals surface area contributed by atoms with Crippen molar-refractivity contribution in [1.82, 2.24) is 10.2 Å². The van der Waals surface area contributed by atoms with Crippen LogP contribution in [-0.2, 0) is 6.42 Å². The zero-order valence-electron chi connectivity index (χ0n) is 20.2. The van der Waals surface area contributed by atoms with Crippen molar-refractivity contribution in [2.75, 3.05) is 18.5 Å². The molecule has 1 unspecified atom stereocenters. The molecule has 0 amide bonds. The van der Waals surface area contributed by atoms with Crippen LogP contribution in [0.1, 0.15) is 57.4 Å². The third-order valence-corrected chi connectivity index (χ3v) is 5.83. The van der Waals surface area contributed by atoms with Gasteiger partial charge in [-0.2, -0.15) is 10.4 Å². The Morgan fingerprint density at radius 3 is 2.39 bits per heavy atom. The highest BCUT2D eigenvalue weighted by atomic mass is 79.9. The van der Waals surface area contributed by atoms with Crippen molar-refractivity contribution in [3.05, 3.63) is 57.7 Å². The molecule has 2 aromatic carbocycles. The van der Waals surface area contributed by atoms with E-state index in [1.165, 1.54) is 5.56 Å². The highest BCUT2D eigenvalue weighted by molar-refractivity contribution is 9.10. The first-order valence-corrected chi connectivity index (χ1v) is 12.2. The predicted octanol–water partition coefficient (Wildman–Crippen LogP) is 6.37. The van der Waals surface area contributed by atoms with Crippen molar-refractivity contribution in [2.24, 2.45) is 5.92 Å². The summed E-state index contributed by atoms with van der Waals surface area (Å²) in [4.78, 5) is 0. The van der Waals surface area contributed by atoms with Crippen LogP contribution in [0.5, 0.6) is 5.75 Å². The summed E-state index contributed by atoms with van der Waals surface area (Å²) in [5, 5.41) is 40.8. The molecule has 7 heteroatoms. The lowest BCUT2D eigenvalue weighted by molar-refractivity contribution is 0.217. The fraction of sp³-hybridized carbons (Fsp3) is 0.423. The summed E-state index contributed by atoms with van der Waals surface area (Å²) in [5.41, 5.74) is 2.66. The van der Waals surface area contributed by atoms with Gasteiger partial charge < -0.3 is 15.5 Å². The number of aliphatic hydroxyl groups is 1. The van der Waals surface area contributed by atoms with Gasteiger partial charge in [-0.25, -0.2) is 0 Å². The van der Waals surface area contributed by atoms with Gasteiger partial charge in [-0.05, 0) is 77.5 Å². The highest BCUT2D eigenvalue weighted by Crippen LogP contribution is 2.25. The minimum atomic E-state index is 0.212. The lowest BCUT2D eigenvalue weighted by Gasteiger charge is -2.13. The number of aliphatic hydroxyl groups excluding tert-OH is 1. The van der Waals surface area contributed by atoms with E-state index in [2.05, 4.69) is 51.4 Å². The van der Waals surface area contributed by atoms with Crippen LogP contribution >= 0.6 is 15.9 Å². The molecule has 3 aromatic rings. The molecule has 0 saturated heterocycles.